The molecular formula is C14H14ClNO2. The second-order valence-corrected chi connectivity index (χ2v) is 5.41. The van der Waals surface area contributed by atoms with Crippen molar-refractivity contribution < 1.29 is 9.90 Å². The van der Waals surface area contributed by atoms with Crippen molar-refractivity contribution in [3.05, 3.63) is 35.0 Å². The third-order valence-electron chi connectivity index (χ3n) is 4.13. The highest BCUT2D eigenvalue weighted by Gasteiger charge is 2.47. The first-order valence-electron chi connectivity index (χ1n) is 6.04. The normalized spacial score (nSPS) is 17.7. The van der Waals surface area contributed by atoms with Crippen LogP contribution in [0.25, 0.3) is 10.9 Å². The molecule has 1 aliphatic carbocycles. The zero-order chi connectivity index (χ0) is 12.9. The highest BCUT2D eigenvalue weighted by Crippen LogP contribution is 2.48. The first-order chi connectivity index (χ1) is 8.56. The topological polar surface area (TPSA) is 42.2 Å². The average Bonchev–Trinajstić information content (AvgIpc) is 2.62. The maximum absolute atomic E-state index is 11.5. The van der Waals surface area contributed by atoms with Crippen molar-refractivity contribution in [1.29, 1.82) is 0 Å². The molecule has 0 aliphatic heterocycles. The third-order valence-corrected chi connectivity index (χ3v) is 4.54. The summed E-state index contributed by atoms with van der Waals surface area (Å²) in [5.74, 6) is -0.758. The van der Waals surface area contributed by atoms with Crippen LogP contribution in [0.4, 0.5) is 0 Å². The summed E-state index contributed by atoms with van der Waals surface area (Å²) in [4.78, 5) is 11.5. The number of nitrogens with zero attached hydrogens (tertiary/aromatic N) is 1. The minimum Gasteiger partial charge on any atom is -0.481 e. The summed E-state index contributed by atoms with van der Waals surface area (Å²) in [5, 5.41) is 11.0. The zero-order valence-electron chi connectivity index (χ0n) is 10.1. The molecule has 1 N–H and O–H groups in total. The molecule has 0 spiro atoms. The van der Waals surface area contributed by atoms with Gasteiger partial charge in [-0.15, -0.1) is 0 Å². The van der Waals surface area contributed by atoms with Crippen molar-refractivity contribution in [2.75, 3.05) is 0 Å². The fourth-order valence-electron chi connectivity index (χ4n) is 2.81. The van der Waals surface area contributed by atoms with Crippen LogP contribution in [-0.4, -0.2) is 15.6 Å². The summed E-state index contributed by atoms with van der Waals surface area (Å²) >= 11 is 6.42. The maximum atomic E-state index is 11.5. The fourth-order valence-corrected chi connectivity index (χ4v) is 3.22. The lowest BCUT2D eigenvalue weighted by atomic mass is 9.64. The van der Waals surface area contributed by atoms with Gasteiger partial charge in [-0.05, 0) is 30.5 Å². The predicted molar refractivity (Wildman–Crippen MR) is 71.1 cm³/mol. The van der Waals surface area contributed by atoms with Crippen molar-refractivity contribution >= 4 is 28.5 Å². The van der Waals surface area contributed by atoms with E-state index in [0.717, 1.165) is 22.9 Å². The van der Waals surface area contributed by atoms with E-state index in [2.05, 4.69) is 0 Å². The van der Waals surface area contributed by atoms with Crippen LogP contribution in [0.15, 0.2) is 24.4 Å². The summed E-state index contributed by atoms with van der Waals surface area (Å²) in [6.07, 6.45) is 4.25. The second-order valence-electron chi connectivity index (χ2n) is 5.03. The molecule has 1 saturated carbocycles. The number of hydrogen-bond acceptors (Lipinski definition) is 1. The molecule has 3 rings (SSSR count). The molecule has 1 aliphatic rings. The number of carboxylic acids is 1. The van der Waals surface area contributed by atoms with Gasteiger partial charge < -0.3 is 9.67 Å². The van der Waals surface area contributed by atoms with E-state index in [9.17, 15) is 9.90 Å². The summed E-state index contributed by atoms with van der Waals surface area (Å²) in [6, 6.07) is 5.77. The van der Waals surface area contributed by atoms with Crippen LogP contribution in [0.2, 0.25) is 5.02 Å². The lowest BCUT2D eigenvalue weighted by Gasteiger charge is -2.38. The number of fused-ring (bicyclic) bond motifs is 1. The van der Waals surface area contributed by atoms with Gasteiger partial charge in [0.2, 0.25) is 0 Å². The van der Waals surface area contributed by atoms with Gasteiger partial charge in [0.05, 0.1) is 10.4 Å². The Morgan fingerprint density at radius 2 is 2.11 bits per heavy atom. The molecule has 1 heterocycles. The third kappa shape index (κ3) is 1.34. The summed E-state index contributed by atoms with van der Waals surface area (Å²) in [5.41, 5.74) is 1.03. The van der Waals surface area contributed by atoms with Gasteiger partial charge in [-0.1, -0.05) is 24.1 Å². The Morgan fingerprint density at radius 3 is 2.67 bits per heavy atom. The number of carboxylic acid groups (broad SMARTS) is 1. The van der Waals surface area contributed by atoms with Crippen molar-refractivity contribution in [1.82, 2.24) is 4.57 Å². The summed E-state index contributed by atoms with van der Waals surface area (Å²) in [7, 11) is 1.95. The Hall–Kier alpha value is -1.48. The summed E-state index contributed by atoms with van der Waals surface area (Å²) < 4.78 is 1.99. The molecule has 0 amide bonds. The molecular weight excluding hydrogens is 250 g/mol. The molecule has 0 radical (unpaired) electrons. The van der Waals surface area contributed by atoms with Crippen LogP contribution in [0.5, 0.6) is 0 Å². The van der Waals surface area contributed by atoms with E-state index in [4.69, 9.17) is 11.6 Å². The molecule has 1 aromatic heterocycles. The van der Waals surface area contributed by atoms with Gasteiger partial charge in [-0.25, -0.2) is 0 Å². The van der Waals surface area contributed by atoms with E-state index in [1.165, 1.54) is 0 Å². The average molecular weight is 264 g/mol. The highest BCUT2D eigenvalue weighted by molar-refractivity contribution is 6.36. The number of hydrogen-bond donors (Lipinski definition) is 1. The van der Waals surface area contributed by atoms with Gasteiger partial charge in [0.25, 0.3) is 0 Å². The smallest absolute Gasteiger partial charge is 0.314 e. The van der Waals surface area contributed by atoms with Gasteiger partial charge in [-0.2, -0.15) is 0 Å². The van der Waals surface area contributed by atoms with Crippen molar-refractivity contribution in [2.24, 2.45) is 7.05 Å². The number of aromatic nitrogens is 1. The first-order valence-corrected chi connectivity index (χ1v) is 6.41. The molecule has 94 valence electrons. The van der Waals surface area contributed by atoms with Gasteiger partial charge in [0.1, 0.15) is 0 Å². The van der Waals surface area contributed by atoms with Crippen LogP contribution in [0.1, 0.15) is 24.8 Å². The van der Waals surface area contributed by atoms with E-state index in [1.54, 1.807) is 0 Å². The second kappa shape index (κ2) is 3.75. The van der Waals surface area contributed by atoms with Crippen molar-refractivity contribution in [3.63, 3.8) is 0 Å². The largest absolute Gasteiger partial charge is 0.481 e. The SMILES string of the molecule is Cn1ccc2c(Cl)c(C3(C(=O)O)CCC3)ccc21. The minimum atomic E-state index is -0.763. The Balaban J connectivity index is 2.24. The monoisotopic (exact) mass is 263 g/mol. The van der Waals surface area contributed by atoms with E-state index in [0.29, 0.717) is 17.9 Å². The summed E-state index contributed by atoms with van der Waals surface area (Å²) in [6.45, 7) is 0. The molecule has 3 nitrogen and oxygen atoms in total. The minimum absolute atomic E-state index is 0.593. The number of aryl methyl sites for hydroxylation is 1. The molecule has 0 atom stereocenters. The van der Waals surface area contributed by atoms with E-state index >= 15 is 0 Å². The molecule has 0 bridgehead atoms. The van der Waals surface area contributed by atoms with Crippen LogP contribution >= 0.6 is 11.6 Å². The molecule has 0 saturated heterocycles. The zero-order valence-corrected chi connectivity index (χ0v) is 10.9. The first kappa shape index (κ1) is 11.6. The van der Waals surface area contributed by atoms with Crippen LogP contribution in [-0.2, 0) is 17.3 Å². The molecule has 0 unspecified atom stereocenters. The Bertz CT molecular complexity index is 641. The van der Waals surface area contributed by atoms with Gasteiger partial charge in [0.15, 0.2) is 0 Å². The fraction of sp³-hybridized carbons (Fsp3) is 0.357. The van der Waals surface area contributed by atoms with E-state index < -0.39 is 11.4 Å². The Morgan fingerprint density at radius 1 is 1.39 bits per heavy atom. The molecule has 4 heteroatoms. The van der Waals surface area contributed by atoms with Gasteiger partial charge >= 0.3 is 5.97 Å². The number of carbonyl (C=O) groups is 1. The number of rotatable bonds is 2. The Kier molecular flexibility index (Phi) is 2.42. The molecule has 1 fully saturated rings. The van der Waals surface area contributed by atoms with Gasteiger partial charge in [-0.3, -0.25) is 4.79 Å². The van der Waals surface area contributed by atoms with Crippen molar-refractivity contribution in [2.45, 2.75) is 24.7 Å². The molecule has 2 aromatic rings. The number of halogens is 1. The van der Waals surface area contributed by atoms with Crippen LogP contribution in [0, 0.1) is 0 Å². The standard InChI is InChI=1S/C14H14ClNO2/c1-16-8-5-9-11(16)4-3-10(12(9)15)14(13(17)18)6-2-7-14/h3-5,8H,2,6-7H2,1H3,(H,17,18). The highest BCUT2D eigenvalue weighted by atomic mass is 35.5. The van der Waals surface area contributed by atoms with Crippen LogP contribution < -0.4 is 0 Å². The molecule has 18 heavy (non-hydrogen) atoms. The quantitative estimate of drug-likeness (QED) is 0.903. The van der Waals surface area contributed by atoms with E-state index in [-0.39, 0.29) is 0 Å². The Labute approximate surface area is 110 Å². The van der Waals surface area contributed by atoms with Crippen LogP contribution in [0.3, 0.4) is 0 Å². The maximum Gasteiger partial charge on any atom is 0.314 e. The lowest BCUT2D eigenvalue weighted by Crippen LogP contribution is -2.42. The van der Waals surface area contributed by atoms with Crippen molar-refractivity contribution in [3.8, 4) is 0 Å². The number of aliphatic carboxylic acids is 1. The van der Waals surface area contributed by atoms with Gasteiger partial charge in [0, 0.05) is 24.1 Å². The predicted octanol–water partition coefficient (Wildman–Crippen LogP) is 3.34. The number of benzene rings is 1. The molecule has 1 aromatic carbocycles. The van der Waals surface area contributed by atoms with E-state index in [1.807, 2.05) is 36.0 Å². The lowest BCUT2D eigenvalue weighted by molar-refractivity contribution is -0.147.